The van der Waals surface area contributed by atoms with E-state index in [-0.39, 0.29) is 0 Å². The molecule has 1 aliphatic carbocycles. The fourth-order valence-electron chi connectivity index (χ4n) is 3.56. The molecule has 2 N–H and O–H groups in total. The van der Waals surface area contributed by atoms with E-state index >= 15 is 0 Å². The Morgan fingerprint density at radius 2 is 2.13 bits per heavy atom. The van der Waals surface area contributed by atoms with Gasteiger partial charge in [-0.1, -0.05) is 6.92 Å². The van der Waals surface area contributed by atoms with Gasteiger partial charge in [-0.25, -0.2) is 9.97 Å². The molecule has 0 saturated heterocycles. The van der Waals surface area contributed by atoms with E-state index in [9.17, 15) is 0 Å². The third kappa shape index (κ3) is 3.66. The highest BCUT2D eigenvalue weighted by molar-refractivity contribution is 7.19. The Bertz CT molecular complexity index is 648. The molecule has 126 valence electrons. The monoisotopic (exact) mass is 333 g/mol. The molecule has 0 aliphatic heterocycles. The number of aryl methyl sites for hydroxylation is 1. The van der Waals surface area contributed by atoms with Crippen molar-refractivity contribution >= 4 is 27.4 Å². The highest BCUT2D eigenvalue weighted by Crippen LogP contribution is 2.39. The predicted octanol–water partition coefficient (Wildman–Crippen LogP) is 2.54. The number of nitrogens with zero attached hydrogens (tertiary/aromatic N) is 2. The number of quaternary nitrogens is 1. The molecule has 3 rings (SSSR count). The van der Waals surface area contributed by atoms with E-state index in [1.165, 1.54) is 61.1 Å². The topological polar surface area (TPSA) is 42.2 Å². The molecular formula is C18H29N4S+. The standard InChI is InChI=1S/C18H28N4S/c1-4-22(5-2)10-6-9-19-17-16-14-8-7-13(3)11-15(14)23-18(16)21-12-20-17/h12-13H,4-11H2,1-3H3,(H,19,20,21)/p+1/t13-/m1/s1. The van der Waals surface area contributed by atoms with Crippen molar-refractivity contribution in [2.24, 2.45) is 5.92 Å². The number of hydrogen-bond acceptors (Lipinski definition) is 4. The minimum atomic E-state index is 0.803. The van der Waals surface area contributed by atoms with E-state index in [4.69, 9.17) is 0 Å². The van der Waals surface area contributed by atoms with Crippen molar-refractivity contribution in [3.8, 4) is 0 Å². The summed E-state index contributed by atoms with van der Waals surface area (Å²) in [6.45, 7) is 11.5. The molecule has 2 heterocycles. The van der Waals surface area contributed by atoms with Crippen LogP contribution in [0.3, 0.4) is 0 Å². The maximum Gasteiger partial charge on any atom is 0.138 e. The first kappa shape index (κ1) is 16.7. The molecule has 2 aromatic rings. The van der Waals surface area contributed by atoms with E-state index in [2.05, 4.69) is 36.1 Å². The Morgan fingerprint density at radius 3 is 2.91 bits per heavy atom. The molecule has 2 aromatic heterocycles. The van der Waals surface area contributed by atoms with Crippen LogP contribution in [0, 0.1) is 5.92 Å². The van der Waals surface area contributed by atoms with Gasteiger partial charge in [0.2, 0.25) is 0 Å². The van der Waals surface area contributed by atoms with E-state index in [0.29, 0.717) is 0 Å². The second kappa shape index (κ2) is 7.58. The molecule has 0 fully saturated rings. The fraction of sp³-hybridized carbons (Fsp3) is 0.667. The van der Waals surface area contributed by atoms with Crippen LogP contribution in [0.5, 0.6) is 0 Å². The molecule has 0 aromatic carbocycles. The van der Waals surface area contributed by atoms with Crippen LogP contribution in [-0.4, -0.2) is 36.1 Å². The van der Waals surface area contributed by atoms with Gasteiger partial charge in [0.15, 0.2) is 0 Å². The van der Waals surface area contributed by atoms with Crippen LogP contribution in [-0.2, 0) is 12.8 Å². The summed E-state index contributed by atoms with van der Waals surface area (Å²) >= 11 is 1.87. The van der Waals surface area contributed by atoms with Crippen molar-refractivity contribution in [3.63, 3.8) is 0 Å². The Labute approximate surface area is 143 Å². The number of aromatic nitrogens is 2. The van der Waals surface area contributed by atoms with Crippen LogP contribution in [0.2, 0.25) is 0 Å². The summed E-state index contributed by atoms with van der Waals surface area (Å²) in [7, 11) is 0. The van der Waals surface area contributed by atoms with E-state index in [1.807, 2.05) is 11.3 Å². The van der Waals surface area contributed by atoms with Crippen LogP contribution in [0.15, 0.2) is 6.33 Å². The lowest BCUT2D eigenvalue weighted by molar-refractivity contribution is -0.896. The minimum Gasteiger partial charge on any atom is -0.369 e. The number of fused-ring (bicyclic) bond motifs is 3. The van der Waals surface area contributed by atoms with Gasteiger partial charge in [-0.3, -0.25) is 0 Å². The molecule has 1 aliphatic rings. The van der Waals surface area contributed by atoms with Gasteiger partial charge in [0.1, 0.15) is 17.0 Å². The molecule has 5 heteroatoms. The molecule has 0 amide bonds. The summed E-state index contributed by atoms with van der Waals surface area (Å²) in [6.07, 6.45) is 6.58. The third-order valence-corrected chi connectivity index (χ3v) is 6.25. The summed E-state index contributed by atoms with van der Waals surface area (Å²) in [5.74, 6) is 1.86. The highest BCUT2D eigenvalue weighted by atomic mass is 32.1. The number of nitrogens with one attached hydrogen (secondary N) is 2. The fourth-order valence-corrected chi connectivity index (χ4v) is 4.91. The highest BCUT2D eigenvalue weighted by Gasteiger charge is 2.22. The Hall–Kier alpha value is -1.20. The summed E-state index contributed by atoms with van der Waals surface area (Å²) in [6, 6.07) is 0. The summed E-state index contributed by atoms with van der Waals surface area (Å²) in [4.78, 5) is 13.4. The molecular weight excluding hydrogens is 304 g/mol. The van der Waals surface area contributed by atoms with Gasteiger partial charge < -0.3 is 10.2 Å². The smallest absolute Gasteiger partial charge is 0.138 e. The van der Waals surface area contributed by atoms with Crippen molar-refractivity contribution in [1.29, 1.82) is 0 Å². The van der Waals surface area contributed by atoms with Crippen LogP contribution in [0.25, 0.3) is 10.2 Å². The number of anilines is 1. The van der Waals surface area contributed by atoms with Gasteiger partial charge in [0, 0.05) is 17.8 Å². The van der Waals surface area contributed by atoms with Crippen molar-refractivity contribution in [3.05, 3.63) is 16.8 Å². The van der Waals surface area contributed by atoms with E-state index in [0.717, 1.165) is 23.1 Å². The van der Waals surface area contributed by atoms with Gasteiger partial charge in [-0.15, -0.1) is 11.3 Å². The summed E-state index contributed by atoms with van der Waals surface area (Å²) in [5.41, 5.74) is 1.51. The normalized spacial score (nSPS) is 17.7. The van der Waals surface area contributed by atoms with Crippen LogP contribution < -0.4 is 10.2 Å². The maximum atomic E-state index is 4.54. The number of hydrogen-bond donors (Lipinski definition) is 2. The summed E-state index contributed by atoms with van der Waals surface area (Å²) < 4.78 is 0. The van der Waals surface area contributed by atoms with E-state index < -0.39 is 0 Å². The van der Waals surface area contributed by atoms with Crippen molar-refractivity contribution < 1.29 is 4.90 Å². The lowest BCUT2D eigenvalue weighted by Crippen LogP contribution is -3.11. The average molecular weight is 334 g/mol. The average Bonchev–Trinajstić information content (AvgIpc) is 2.93. The van der Waals surface area contributed by atoms with Crippen molar-refractivity contribution in [1.82, 2.24) is 9.97 Å². The Morgan fingerprint density at radius 1 is 1.30 bits per heavy atom. The molecule has 0 bridgehead atoms. The largest absolute Gasteiger partial charge is 0.369 e. The lowest BCUT2D eigenvalue weighted by Gasteiger charge is -2.18. The SMILES string of the molecule is CC[NH+](CC)CCCNc1ncnc2sc3c(c12)CC[C@@H](C)C3. The predicted molar refractivity (Wildman–Crippen MR) is 98.6 cm³/mol. The summed E-state index contributed by atoms with van der Waals surface area (Å²) in [5, 5.41) is 4.88. The molecule has 23 heavy (non-hydrogen) atoms. The van der Waals surface area contributed by atoms with E-state index in [1.54, 1.807) is 11.2 Å². The Kier molecular flexibility index (Phi) is 5.49. The number of thiophene rings is 1. The first-order valence-corrected chi connectivity index (χ1v) is 9.87. The first-order chi connectivity index (χ1) is 11.2. The molecule has 4 nitrogen and oxygen atoms in total. The Balaban J connectivity index is 1.71. The van der Waals surface area contributed by atoms with Crippen LogP contribution >= 0.6 is 11.3 Å². The second-order valence-electron chi connectivity index (χ2n) is 6.74. The van der Waals surface area contributed by atoms with Gasteiger partial charge in [-0.05, 0) is 44.6 Å². The second-order valence-corrected chi connectivity index (χ2v) is 7.83. The molecule has 0 radical (unpaired) electrons. The molecule has 0 saturated carbocycles. The van der Waals surface area contributed by atoms with Crippen molar-refractivity contribution in [2.45, 2.75) is 46.5 Å². The zero-order valence-electron chi connectivity index (χ0n) is 14.6. The first-order valence-electron chi connectivity index (χ1n) is 9.05. The van der Waals surface area contributed by atoms with Crippen molar-refractivity contribution in [2.75, 3.05) is 31.5 Å². The third-order valence-electron chi connectivity index (χ3n) is 5.09. The lowest BCUT2D eigenvalue weighted by atomic mass is 9.89. The molecule has 0 spiro atoms. The van der Waals surface area contributed by atoms with Crippen LogP contribution in [0.4, 0.5) is 5.82 Å². The molecule has 0 unspecified atom stereocenters. The van der Waals surface area contributed by atoms with Gasteiger partial charge in [0.05, 0.1) is 25.0 Å². The zero-order chi connectivity index (χ0) is 16.2. The van der Waals surface area contributed by atoms with Crippen LogP contribution in [0.1, 0.15) is 44.1 Å². The van der Waals surface area contributed by atoms with Gasteiger partial charge in [0.25, 0.3) is 0 Å². The number of rotatable bonds is 7. The maximum absolute atomic E-state index is 4.54. The minimum absolute atomic E-state index is 0.803. The van der Waals surface area contributed by atoms with Gasteiger partial charge >= 0.3 is 0 Å². The zero-order valence-corrected chi connectivity index (χ0v) is 15.4. The van der Waals surface area contributed by atoms with Gasteiger partial charge in [-0.2, -0.15) is 0 Å². The quantitative estimate of drug-likeness (QED) is 0.765. The molecule has 1 atom stereocenters.